The molecule has 0 saturated carbocycles. The van der Waals surface area contributed by atoms with E-state index in [0.29, 0.717) is 11.3 Å². The minimum Gasteiger partial charge on any atom is -0.294 e. The zero-order chi connectivity index (χ0) is 10.7. The van der Waals surface area contributed by atoms with Crippen LogP contribution in [-0.4, -0.2) is 15.8 Å². The van der Waals surface area contributed by atoms with E-state index in [9.17, 15) is 4.79 Å². The first kappa shape index (κ1) is 9.52. The maximum absolute atomic E-state index is 11.4. The molecule has 0 amide bonds. The zero-order valence-corrected chi connectivity index (χ0v) is 8.34. The summed E-state index contributed by atoms with van der Waals surface area (Å²) in [6.45, 7) is 1.54. The van der Waals surface area contributed by atoms with Gasteiger partial charge in [-0.05, 0) is 31.2 Å². The van der Waals surface area contributed by atoms with E-state index in [4.69, 9.17) is 0 Å². The molecule has 0 aromatic carbocycles. The number of aromatic nitrogens is 2. The van der Waals surface area contributed by atoms with Crippen LogP contribution in [-0.2, 0) is 0 Å². The molecule has 0 radical (unpaired) electrons. The number of pyridine rings is 2. The summed E-state index contributed by atoms with van der Waals surface area (Å²) in [4.78, 5) is 19.6. The van der Waals surface area contributed by atoms with Crippen LogP contribution in [0.3, 0.4) is 0 Å². The van der Waals surface area contributed by atoms with Crippen molar-refractivity contribution >= 4 is 5.78 Å². The Balaban J connectivity index is 2.58. The Labute approximate surface area is 87.8 Å². The maximum Gasteiger partial charge on any atom is 0.161 e. The molecule has 2 aromatic heterocycles. The monoisotopic (exact) mass is 198 g/mol. The van der Waals surface area contributed by atoms with Crippen molar-refractivity contribution in [2.45, 2.75) is 6.92 Å². The fraction of sp³-hybridized carbons (Fsp3) is 0.0833. The molecule has 2 rings (SSSR count). The minimum absolute atomic E-state index is 0.0157. The molecule has 0 spiro atoms. The van der Waals surface area contributed by atoms with Crippen molar-refractivity contribution in [3.63, 3.8) is 0 Å². The predicted octanol–water partition coefficient (Wildman–Crippen LogP) is 2.35. The van der Waals surface area contributed by atoms with Gasteiger partial charge in [0, 0.05) is 29.7 Å². The molecule has 0 atom stereocenters. The van der Waals surface area contributed by atoms with E-state index in [1.807, 2.05) is 12.1 Å². The molecule has 74 valence electrons. The van der Waals surface area contributed by atoms with Crippen LogP contribution in [0, 0.1) is 0 Å². The first-order chi connectivity index (χ1) is 7.29. The van der Waals surface area contributed by atoms with Gasteiger partial charge in [-0.3, -0.25) is 14.8 Å². The fourth-order valence-corrected chi connectivity index (χ4v) is 1.42. The van der Waals surface area contributed by atoms with Gasteiger partial charge in [0.2, 0.25) is 0 Å². The molecule has 2 heterocycles. The third-order valence-corrected chi connectivity index (χ3v) is 2.12. The molecule has 0 N–H and O–H groups in total. The first-order valence-corrected chi connectivity index (χ1v) is 4.65. The maximum atomic E-state index is 11.4. The normalized spacial score (nSPS) is 9.93. The summed E-state index contributed by atoms with van der Waals surface area (Å²) >= 11 is 0. The molecular formula is C12H10N2O. The third-order valence-electron chi connectivity index (χ3n) is 2.12. The van der Waals surface area contributed by atoms with Crippen LogP contribution in [0.15, 0.2) is 42.9 Å². The topological polar surface area (TPSA) is 42.9 Å². The molecule has 3 nitrogen and oxygen atoms in total. The van der Waals surface area contributed by atoms with Crippen molar-refractivity contribution in [2.24, 2.45) is 0 Å². The van der Waals surface area contributed by atoms with E-state index in [-0.39, 0.29) is 5.78 Å². The van der Waals surface area contributed by atoms with Crippen molar-refractivity contribution < 1.29 is 4.79 Å². The average Bonchev–Trinajstić information content (AvgIpc) is 2.30. The van der Waals surface area contributed by atoms with Gasteiger partial charge in [0.1, 0.15) is 0 Å². The van der Waals surface area contributed by atoms with E-state index in [1.54, 1.807) is 30.7 Å². The van der Waals surface area contributed by atoms with Crippen LogP contribution in [0.25, 0.3) is 11.3 Å². The highest BCUT2D eigenvalue weighted by atomic mass is 16.1. The Morgan fingerprint density at radius 1 is 1.20 bits per heavy atom. The van der Waals surface area contributed by atoms with Gasteiger partial charge in [0.25, 0.3) is 0 Å². The van der Waals surface area contributed by atoms with Crippen molar-refractivity contribution in [3.05, 3.63) is 48.4 Å². The highest BCUT2D eigenvalue weighted by Gasteiger charge is 2.09. The van der Waals surface area contributed by atoms with E-state index in [1.165, 1.54) is 6.92 Å². The first-order valence-electron chi connectivity index (χ1n) is 4.65. The number of ketones is 1. The van der Waals surface area contributed by atoms with E-state index < -0.39 is 0 Å². The SMILES string of the molecule is CC(=O)c1cccnc1-c1cccnc1. The van der Waals surface area contributed by atoms with E-state index in [2.05, 4.69) is 9.97 Å². The Bertz CT molecular complexity index is 480. The Morgan fingerprint density at radius 3 is 2.67 bits per heavy atom. The molecule has 2 aromatic rings. The molecule has 0 fully saturated rings. The lowest BCUT2D eigenvalue weighted by Gasteiger charge is -2.04. The quantitative estimate of drug-likeness (QED) is 0.695. The molecule has 15 heavy (non-hydrogen) atoms. The second-order valence-electron chi connectivity index (χ2n) is 3.20. The van der Waals surface area contributed by atoms with Crippen LogP contribution in [0.2, 0.25) is 0 Å². The highest BCUT2D eigenvalue weighted by molar-refractivity contribution is 5.99. The van der Waals surface area contributed by atoms with Crippen molar-refractivity contribution in [1.82, 2.24) is 9.97 Å². The summed E-state index contributed by atoms with van der Waals surface area (Å²) in [7, 11) is 0. The number of nitrogens with zero attached hydrogens (tertiary/aromatic N) is 2. The Hall–Kier alpha value is -2.03. The lowest BCUT2D eigenvalue weighted by molar-refractivity contribution is 0.101. The largest absolute Gasteiger partial charge is 0.294 e. The predicted molar refractivity (Wildman–Crippen MR) is 57.5 cm³/mol. The van der Waals surface area contributed by atoms with Gasteiger partial charge in [0.05, 0.1) is 5.69 Å². The smallest absolute Gasteiger partial charge is 0.161 e. The number of carbonyl (C=O) groups is 1. The molecule has 3 heteroatoms. The Kier molecular flexibility index (Phi) is 2.54. The summed E-state index contributed by atoms with van der Waals surface area (Å²) in [6, 6.07) is 7.25. The molecule has 0 aliphatic carbocycles. The van der Waals surface area contributed by atoms with Gasteiger partial charge >= 0.3 is 0 Å². The van der Waals surface area contributed by atoms with Crippen LogP contribution in [0.1, 0.15) is 17.3 Å². The number of hydrogen-bond acceptors (Lipinski definition) is 3. The second kappa shape index (κ2) is 4.00. The van der Waals surface area contributed by atoms with Crippen LogP contribution >= 0.6 is 0 Å². The summed E-state index contributed by atoms with van der Waals surface area (Å²) in [5.74, 6) is 0.0157. The van der Waals surface area contributed by atoms with Crippen LogP contribution in [0.5, 0.6) is 0 Å². The fourth-order valence-electron chi connectivity index (χ4n) is 1.42. The lowest BCUT2D eigenvalue weighted by atomic mass is 10.1. The summed E-state index contributed by atoms with van der Waals surface area (Å²) in [5, 5.41) is 0. The number of carbonyl (C=O) groups excluding carboxylic acids is 1. The number of rotatable bonds is 2. The van der Waals surface area contributed by atoms with Gasteiger partial charge in [-0.2, -0.15) is 0 Å². The van der Waals surface area contributed by atoms with Gasteiger partial charge in [-0.15, -0.1) is 0 Å². The second-order valence-corrected chi connectivity index (χ2v) is 3.20. The van der Waals surface area contributed by atoms with Crippen molar-refractivity contribution in [2.75, 3.05) is 0 Å². The lowest BCUT2D eigenvalue weighted by Crippen LogP contribution is -1.98. The van der Waals surface area contributed by atoms with Crippen molar-refractivity contribution in [3.8, 4) is 11.3 Å². The molecule has 0 aliphatic rings. The Morgan fingerprint density at radius 2 is 2.00 bits per heavy atom. The number of Topliss-reactive ketones (excluding diaryl/α,β-unsaturated/α-hetero) is 1. The zero-order valence-electron chi connectivity index (χ0n) is 8.34. The molecule has 0 aliphatic heterocycles. The third kappa shape index (κ3) is 1.91. The number of hydrogen-bond donors (Lipinski definition) is 0. The summed E-state index contributed by atoms with van der Waals surface area (Å²) in [5.41, 5.74) is 2.19. The van der Waals surface area contributed by atoms with Crippen molar-refractivity contribution in [1.29, 1.82) is 0 Å². The summed E-state index contributed by atoms with van der Waals surface area (Å²) in [6.07, 6.45) is 5.07. The van der Waals surface area contributed by atoms with Gasteiger partial charge in [0.15, 0.2) is 5.78 Å². The average molecular weight is 198 g/mol. The molecular weight excluding hydrogens is 188 g/mol. The molecule has 0 bridgehead atoms. The minimum atomic E-state index is 0.0157. The summed E-state index contributed by atoms with van der Waals surface area (Å²) < 4.78 is 0. The van der Waals surface area contributed by atoms with Gasteiger partial charge < -0.3 is 0 Å². The van der Waals surface area contributed by atoms with Gasteiger partial charge in [-0.1, -0.05) is 0 Å². The van der Waals surface area contributed by atoms with Crippen LogP contribution < -0.4 is 0 Å². The highest BCUT2D eigenvalue weighted by Crippen LogP contribution is 2.19. The van der Waals surface area contributed by atoms with E-state index in [0.717, 1.165) is 5.56 Å². The standard InChI is InChI=1S/C12H10N2O/c1-9(15)11-5-3-7-14-12(11)10-4-2-6-13-8-10/h2-8H,1H3. The molecule has 0 unspecified atom stereocenters. The van der Waals surface area contributed by atoms with E-state index >= 15 is 0 Å². The van der Waals surface area contributed by atoms with Crippen LogP contribution in [0.4, 0.5) is 0 Å². The van der Waals surface area contributed by atoms with Gasteiger partial charge in [-0.25, -0.2) is 0 Å². The molecule has 0 saturated heterocycles.